The number of ether oxygens (including phenoxy) is 1. The second kappa shape index (κ2) is 8.85. The van der Waals surface area contributed by atoms with Crippen LogP contribution in [-0.4, -0.2) is 34.0 Å². The average molecular weight is 380 g/mol. The first-order valence-electron chi connectivity index (χ1n) is 8.84. The van der Waals surface area contributed by atoms with Crippen LogP contribution in [0.2, 0.25) is 0 Å². The highest BCUT2D eigenvalue weighted by Crippen LogP contribution is 2.15. The number of carboxylic acids is 1. The Morgan fingerprint density at radius 2 is 1.75 bits per heavy atom. The number of carbonyl (C=O) groups excluding carboxylic acids is 2. The van der Waals surface area contributed by atoms with Gasteiger partial charge in [0, 0.05) is 17.3 Å². The van der Waals surface area contributed by atoms with Gasteiger partial charge in [0.05, 0.1) is 0 Å². The van der Waals surface area contributed by atoms with E-state index in [-0.39, 0.29) is 25.1 Å². The van der Waals surface area contributed by atoms with Crippen molar-refractivity contribution in [3.05, 3.63) is 71.9 Å². The van der Waals surface area contributed by atoms with Gasteiger partial charge in [-0.05, 0) is 24.1 Å². The fraction of sp³-hybridized carbons (Fsp3) is 0.190. The van der Waals surface area contributed by atoms with Crippen molar-refractivity contribution in [1.82, 2.24) is 10.3 Å². The van der Waals surface area contributed by atoms with E-state index in [1.807, 2.05) is 54.6 Å². The van der Waals surface area contributed by atoms with E-state index in [2.05, 4.69) is 10.3 Å². The summed E-state index contributed by atoms with van der Waals surface area (Å²) in [5.74, 6) is -2.27. The number of amides is 1. The summed E-state index contributed by atoms with van der Waals surface area (Å²) in [5, 5.41) is 12.6. The summed E-state index contributed by atoms with van der Waals surface area (Å²) >= 11 is 0. The van der Waals surface area contributed by atoms with Gasteiger partial charge in [-0.1, -0.05) is 48.5 Å². The molecule has 1 heterocycles. The zero-order chi connectivity index (χ0) is 19.9. The first-order chi connectivity index (χ1) is 13.5. The van der Waals surface area contributed by atoms with Gasteiger partial charge in [0.15, 0.2) is 0 Å². The molecule has 3 rings (SSSR count). The van der Waals surface area contributed by atoms with Crippen molar-refractivity contribution in [1.29, 1.82) is 0 Å². The molecule has 144 valence electrons. The summed E-state index contributed by atoms with van der Waals surface area (Å²) in [6, 6.07) is 17.0. The summed E-state index contributed by atoms with van der Waals surface area (Å²) in [4.78, 5) is 38.6. The fourth-order valence-electron chi connectivity index (χ4n) is 2.76. The number of esters is 1. The molecule has 0 radical (unpaired) electrons. The minimum atomic E-state index is -1.21. The number of aliphatic carboxylic acids is 1. The summed E-state index contributed by atoms with van der Waals surface area (Å²) < 4.78 is 5.14. The van der Waals surface area contributed by atoms with Crippen LogP contribution < -0.4 is 5.32 Å². The first kappa shape index (κ1) is 19.2. The van der Waals surface area contributed by atoms with E-state index in [0.717, 1.165) is 16.5 Å². The molecule has 0 saturated heterocycles. The summed E-state index contributed by atoms with van der Waals surface area (Å²) in [6.07, 6.45) is -0.175. The number of H-pyrrole nitrogens is 1. The van der Waals surface area contributed by atoms with E-state index in [1.165, 1.54) is 0 Å². The lowest BCUT2D eigenvalue weighted by molar-refractivity contribution is -0.145. The molecular weight excluding hydrogens is 360 g/mol. The number of fused-ring (bicyclic) bond motifs is 1. The van der Waals surface area contributed by atoms with Crippen molar-refractivity contribution in [3.63, 3.8) is 0 Å². The normalized spacial score (nSPS) is 11.7. The maximum absolute atomic E-state index is 12.4. The molecule has 7 nitrogen and oxygen atoms in total. The van der Waals surface area contributed by atoms with E-state index in [9.17, 15) is 19.5 Å². The third kappa shape index (κ3) is 4.97. The molecule has 1 amide bonds. The van der Waals surface area contributed by atoms with Crippen molar-refractivity contribution in [2.45, 2.75) is 25.5 Å². The van der Waals surface area contributed by atoms with Crippen molar-refractivity contribution >= 4 is 28.7 Å². The Kier molecular flexibility index (Phi) is 6.06. The van der Waals surface area contributed by atoms with Gasteiger partial charge in [-0.2, -0.15) is 0 Å². The van der Waals surface area contributed by atoms with Crippen molar-refractivity contribution in [3.8, 4) is 0 Å². The van der Waals surface area contributed by atoms with Gasteiger partial charge < -0.3 is 20.1 Å². The van der Waals surface area contributed by atoms with E-state index >= 15 is 0 Å². The van der Waals surface area contributed by atoms with Crippen LogP contribution in [0.15, 0.2) is 60.7 Å². The average Bonchev–Trinajstić information content (AvgIpc) is 3.14. The van der Waals surface area contributed by atoms with E-state index < -0.39 is 23.9 Å². The lowest BCUT2D eigenvalue weighted by Gasteiger charge is -2.13. The second-order valence-corrected chi connectivity index (χ2v) is 6.32. The number of benzene rings is 2. The Labute approximate surface area is 161 Å². The molecule has 1 atom stereocenters. The van der Waals surface area contributed by atoms with Crippen LogP contribution in [0.25, 0.3) is 10.9 Å². The van der Waals surface area contributed by atoms with Crippen LogP contribution in [0, 0.1) is 0 Å². The zero-order valence-electron chi connectivity index (χ0n) is 15.1. The predicted octanol–water partition coefficient (Wildman–Crippen LogP) is 2.87. The monoisotopic (exact) mass is 380 g/mol. The van der Waals surface area contributed by atoms with Crippen LogP contribution in [-0.2, 0) is 20.9 Å². The highest BCUT2D eigenvalue weighted by Gasteiger charge is 2.23. The number of carbonyl (C=O) groups is 3. The Balaban J connectivity index is 1.53. The minimum Gasteiger partial charge on any atom is -0.480 e. The Hall–Kier alpha value is -3.61. The van der Waals surface area contributed by atoms with Crippen molar-refractivity contribution in [2.75, 3.05) is 0 Å². The van der Waals surface area contributed by atoms with Crippen molar-refractivity contribution < 1.29 is 24.2 Å². The number of hydrogen-bond donors (Lipinski definition) is 3. The van der Waals surface area contributed by atoms with Gasteiger partial charge in [-0.15, -0.1) is 0 Å². The minimum absolute atomic E-state index is 0.0606. The van der Waals surface area contributed by atoms with Crippen LogP contribution in [0.3, 0.4) is 0 Å². The van der Waals surface area contributed by atoms with Crippen LogP contribution >= 0.6 is 0 Å². The van der Waals surface area contributed by atoms with Crippen LogP contribution in [0.1, 0.15) is 28.9 Å². The number of aromatic nitrogens is 1. The first-order valence-corrected chi connectivity index (χ1v) is 8.84. The second-order valence-electron chi connectivity index (χ2n) is 6.32. The summed E-state index contributed by atoms with van der Waals surface area (Å²) in [6.45, 7) is 0.124. The summed E-state index contributed by atoms with van der Waals surface area (Å²) in [5.41, 5.74) is 1.89. The number of hydrogen-bond acceptors (Lipinski definition) is 4. The van der Waals surface area contributed by atoms with Gasteiger partial charge in [0.1, 0.15) is 18.3 Å². The number of para-hydroxylation sites is 1. The molecule has 7 heteroatoms. The van der Waals surface area contributed by atoms with E-state index in [1.54, 1.807) is 6.07 Å². The van der Waals surface area contributed by atoms with Gasteiger partial charge in [-0.3, -0.25) is 9.59 Å². The van der Waals surface area contributed by atoms with Gasteiger partial charge in [0.2, 0.25) is 0 Å². The maximum atomic E-state index is 12.4. The molecule has 3 N–H and O–H groups in total. The standard InChI is InChI=1S/C21H20N2O5/c24-19(28-13-14-6-2-1-3-7-14)11-10-17(21(26)27)23-20(25)18-12-15-8-4-5-9-16(15)22-18/h1-9,12,17,22H,10-11,13H2,(H,23,25)(H,26,27)/t17-/m0/s1. The molecule has 0 unspecified atom stereocenters. The highest BCUT2D eigenvalue weighted by atomic mass is 16.5. The lowest BCUT2D eigenvalue weighted by Crippen LogP contribution is -2.41. The van der Waals surface area contributed by atoms with Gasteiger partial charge in [-0.25, -0.2) is 4.79 Å². The molecule has 0 aliphatic rings. The quantitative estimate of drug-likeness (QED) is 0.521. The Morgan fingerprint density at radius 1 is 1.04 bits per heavy atom. The number of rotatable bonds is 8. The van der Waals surface area contributed by atoms with E-state index in [4.69, 9.17) is 4.74 Å². The fourth-order valence-corrected chi connectivity index (χ4v) is 2.76. The molecular formula is C21H20N2O5. The van der Waals surface area contributed by atoms with Crippen LogP contribution in [0.4, 0.5) is 0 Å². The number of nitrogens with one attached hydrogen (secondary N) is 2. The molecule has 3 aromatic rings. The molecule has 2 aromatic carbocycles. The molecule has 28 heavy (non-hydrogen) atoms. The zero-order valence-corrected chi connectivity index (χ0v) is 15.1. The number of carboxylic acid groups (broad SMARTS) is 1. The topological polar surface area (TPSA) is 108 Å². The Morgan fingerprint density at radius 3 is 2.46 bits per heavy atom. The predicted molar refractivity (Wildman–Crippen MR) is 103 cm³/mol. The van der Waals surface area contributed by atoms with Crippen LogP contribution in [0.5, 0.6) is 0 Å². The van der Waals surface area contributed by atoms with Gasteiger partial charge >= 0.3 is 11.9 Å². The smallest absolute Gasteiger partial charge is 0.326 e. The molecule has 0 aliphatic heterocycles. The largest absolute Gasteiger partial charge is 0.480 e. The van der Waals surface area contributed by atoms with Crippen molar-refractivity contribution in [2.24, 2.45) is 0 Å². The Bertz CT molecular complexity index is 948. The van der Waals surface area contributed by atoms with E-state index in [0.29, 0.717) is 0 Å². The molecule has 1 aromatic heterocycles. The highest BCUT2D eigenvalue weighted by molar-refractivity contribution is 5.99. The molecule has 0 fully saturated rings. The third-order valence-electron chi connectivity index (χ3n) is 4.26. The molecule has 0 saturated carbocycles. The third-order valence-corrected chi connectivity index (χ3v) is 4.26. The lowest BCUT2D eigenvalue weighted by atomic mass is 10.1. The number of aromatic amines is 1. The van der Waals surface area contributed by atoms with Gasteiger partial charge in [0.25, 0.3) is 5.91 Å². The molecule has 0 spiro atoms. The molecule has 0 bridgehead atoms. The SMILES string of the molecule is O=C(CC[C@H](NC(=O)c1cc2ccccc2[nH]1)C(=O)O)OCc1ccccc1. The summed E-state index contributed by atoms with van der Waals surface area (Å²) in [7, 11) is 0. The molecule has 0 aliphatic carbocycles. The maximum Gasteiger partial charge on any atom is 0.326 e.